The van der Waals surface area contributed by atoms with Crippen molar-refractivity contribution in [1.29, 1.82) is 0 Å². The van der Waals surface area contributed by atoms with E-state index in [1.54, 1.807) is 0 Å². The van der Waals surface area contributed by atoms with E-state index < -0.39 is 5.82 Å². The van der Waals surface area contributed by atoms with Gasteiger partial charge in [-0.15, -0.1) is 0 Å². The average molecular weight is 235 g/mol. The first kappa shape index (κ1) is 11.3. The van der Waals surface area contributed by atoms with Crippen LogP contribution in [0.3, 0.4) is 0 Å². The van der Waals surface area contributed by atoms with Crippen molar-refractivity contribution in [2.75, 3.05) is 0 Å². The topological polar surface area (TPSA) is 52.3 Å². The molecule has 1 aromatic carbocycles. The molecule has 0 atom stereocenters. The maximum atomic E-state index is 13.0. The van der Waals surface area contributed by atoms with Crippen LogP contribution in [0.2, 0.25) is 0 Å². The van der Waals surface area contributed by atoms with Gasteiger partial charge in [0.25, 0.3) is 0 Å². The van der Waals surface area contributed by atoms with E-state index in [-0.39, 0.29) is 18.0 Å². The fourth-order valence-corrected chi connectivity index (χ4v) is 1.36. The van der Waals surface area contributed by atoms with Gasteiger partial charge in [-0.3, -0.25) is 4.79 Å². The molecule has 4 nitrogen and oxygen atoms in total. The molecule has 0 saturated carbocycles. The minimum Gasteiger partial charge on any atom is -0.488 e. The predicted molar refractivity (Wildman–Crippen MR) is 57.2 cm³/mol. The summed E-state index contributed by atoms with van der Waals surface area (Å²) in [4.78, 5) is 11.3. The normalized spacial score (nSPS) is 10.2. The fourth-order valence-electron chi connectivity index (χ4n) is 1.36. The van der Waals surface area contributed by atoms with Gasteiger partial charge in [0.1, 0.15) is 24.4 Å². The van der Waals surface area contributed by atoms with Gasteiger partial charge in [0, 0.05) is 5.56 Å². The lowest BCUT2D eigenvalue weighted by atomic mass is 10.1. The summed E-state index contributed by atoms with van der Waals surface area (Å²) in [5.74, 6) is -0.363. The van der Waals surface area contributed by atoms with Crippen LogP contribution in [0, 0.1) is 5.82 Å². The Kier molecular flexibility index (Phi) is 3.18. The van der Waals surface area contributed by atoms with E-state index in [2.05, 4.69) is 9.68 Å². The maximum absolute atomic E-state index is 13.0. The van der Waals surface area contributed by atoms with E-state index in [0.717, 1.165) is 11.6 Å². The number of ketones is 1. The molecule has 0 aliphatic carbocycles. The molecule has 0 spiro atoms. The zero-order chi connectivity index (χ0) is 12.3. The van der Waals surface area contributed by atoms with Gasteiger partial charge in [0.15, 0.2) is 5.78 Å². The first-order valence-corrected chi connectivity index (χ1v) is 4.98. The number of hydrogen-bond acceptors (Lipinski definition) is 4. The van der Waals surface area contributed by atoms with E-state index in [0.29, 0.717) is 5.75 Å². The number of nitrogens with zero attached hydrogens (tertiary/aromatic N) is 1. The van der Waals surface area contributed by atoms with Crippen LogP contribution in [0.15, 0.2) is 35.2 Å². The summed E-state index contributed by atoms with van der Waals surface area (Å²) < 4.78 is 23.0. The van der Waals surface area contributed by atoms with Crippen LogP contribution >= 0.6 is 0 Å². The summed E-state index contributed by atoms with van der Waals surface area (Å²) in [6.07, 6.45) is 2.95. The molecule has 0 fully saturated rings. The quantitative estimate of drug-likeness (QED) is 0.764. The molecule has 0 unspecified atom stereocenters. The lowest BCUT2D eigenvalue weighted by Crippen LogP contribution is -2.01. The predicted octanol–water partition coefficient (Wildman–Crippen LogP) is 2.60. The molecular weight excluding hydrogens is 225 g/mol. The molecule has 1 aromatic heterocycles. The van der Waals surface area contributed by atoms with Crippen LogP contribution in [0.5, 0.6) is 5.75 Å². The van der Waals surface area contributed by atoms with Crippen LogP contribution < -0.4 is 4.74 Å². The Balaban J connectivity index is 2.17. The molecule has 2 rings (SSSR count). The Morgan fingerprint density at radius 3 is 3.00 bits per heavy atom. The van der Waals surface area contributed by atoms with Gasteiger partial charge >= 0.3 is 0 Å². The van der Waals surface area contributed by atoms with Crippen molar-refractivity contribution in [3.63, 3.8) is 0 Å². The Hall–Kier alpha value is -2.17. The van der Waals surface area contributed by atoms with E-state index in [1.807, 2.05) is 0 Å². The number of hydrogen-bond donors (Lipinski definition) is 0. The largest absolute Gasteiger partial charge is 0.488 e. The SMILES string of the molecule is CC(=O)c1cc(F)ccc1OCc1cnoc1. The number of rotatable bonds is 4. The summed E-state index contributed by atoms with van der Waals surface area (Å²) >= 11 is 0. The van der Waals surface area contributed by atoms with Crippen molar-refractivity contribution in [1.82, 2.24) is 5.16 Å². The summed E-state index contributed by atoms with van der Waals surface area (Å²) in [6, 6.07) is 3.83. The first-order valence-electron chi connectivity index (χ1n) is 4.98. The standard InChI is InChI=1S/C12H10FNO3/c1-8(15)11-4-10(13)2-3-12(11)16-6-9-5-14-17-7-9/h2-5,7H,6H2,1H3. The third-order valence-corrected chi connectivity index (χ3v) is 2.20. The maximum Gasteiger partial charge on any atom is 0.163 e. The van der Waals surface area contributed by atoms with E-state index >= 15 is 0 Å². The molecule has 0 aliphatic rings. The second kappa shape index (κ2) is 4.78. The number of carbonyl (C=O) groups excluding carboxylic acids is 1. The van der Waals surface area contributed by atoms with E-state index in [9.17, 15) is 9.18 Å². The molecule has 0 saturated heterocycles. The minimum absolute atomic E-state index is 0.218. The summed E-state index contributed by atoms with van der Waals surface area (Å²) in [7, 11) is 0. The zero-order valence-electron chi connectivity index (χ0n) is 9.14. The van der Waals surface area contributed by atoms with Crippen LogP contribution in [-0.2, 0) is 6.61 Å². The van der Waals surface area contributed by atoms with Gasteiger partial charge in [-0.25, -0.2) is 4.39 Å². The fraction of sp³-hybridized carbons (Fsp3) is 0.167. The van der Waals surface area contributed by atoms with Crippen molar-refractivity contribution < 1.29 is 18.4 Å². The third-order valence-electron chi connectivity index (χ3n) is 2.20. The number of carbonyl (C=O) groups is 1. The average Bonchev–Trinajstić information content (AvgIpc) is 2.80. The highest BCUT2D eigenvalue weighted by atomic mass is 19.1. The van der Waals surface area contributed by atoms with Gasteiger partial charge in [-0.05, 0) is 25.1 Å². The monoisotopic (exact) mass is 235 g/mol. The molecule has 2 aromatic rings. The Bertz CT molecular complexity index is 523. The van der Waals surface area contributed by atoms with Crippen LogP contribution in [0.25, 0.3) is 0 Å². The summed E-state index contributed by atoms with van der Waals surface area (Å²) in [5, 5.41) is 3.52. The highest BCUT2D eigenvalue weighted by molar-refractivity contribution is 5.96. The van der Waals surface area contributed by atoms with Crippen LogP contribution in [-0.4, -0.2) is 10.9 Å². The summed E-state index contributed by atoms with van der Waals surface area (Å²) in [5.41, 5.74) is 0.963. The highest BCUT2D eigenvalue weighted by Crippen LogP contribution is 2.21. The minimum atomic E-state index is -0.465. The van der Waals surface area contributed by atoms with Gasteiger partial charge < -0.3 is 9.26 Å². The van der Waals surface area contributed by atoms with Crippen molar-refractivity contribution in [3.8, 4) is 5.75 Å². The molecule has 0 bridgehead atoms. The molecule has 1 heterocycles. The molecule has 0 aliphatic heterocycles. The number of Topliss-reactive ketones (excluding diaryl/α,β-unsaturated/α-hetero) is 1. The molecule has 0 radical (unpaired) electrons. The smallest absolute Gasteiger partial charge is 0.163 e. The van der Waals surface area contributed by atoms with Gasteiger partial charge in [-0.2, -0.15) is 0 Å². The number of ether oxygens (including phenoxy) is 1. The molecule has 0 N–H and O–H groups in total. The van der Waals surface area contributed by atoms with E-state index in [4.69, 9.17) is 4.74 Å². The second-order valence-corrected chi connectivity index (χ2v) is 3.52. The lowest BCUT2D eigenvalue weighted by molar-refractivity contribution is 0.101. The Morgan fingerprint density at radius 2 is 2.35 bits per heavy atom. The van der Waals surface area contributed by atoms with Crippen molar-refractivity contribution >= 4 is 5.78 Å². The first-order chi connectivity index (χ1) is 8.16. The molecule has 0 amide bonds. The second-order valence-electron chi connectivity index (χ2n) is 3.52. The molecule has 17 heavy (non-hydrogen) atoms. The molecule has 5 heteroatoms. The van der Waals surface area contributed by atoms with Crippen molar-refractivity contribution in [2.45, 2.75) is 13.5 Å². The van der Waals surface area contributed by atoms with E-state index in [1.165, 1.54) is 31.5 Å². The lowest BCUT2D eigenvalue weighted by Gasteiger charge is -2.08. The zero-order valence-corrected chi connectivity index (χ0v) is 9.14. The van der Waals surface area contributed by atoms with Crippen molar-refractivity contribution in [3.05, 3.63) is 47.6 Å². The van der Waals surface area contributed by atoms with Crippen LogP contribution in [0.4, 0.5) is 4.39 Å². The van der Waals surface area contributed by atoms with Crippen molar-refractivity contribution in [2.24, 2.45) is 0 Å². The third kappa shape index (κ3) is 2.69. The van der Waals surface area contributed by atoms with Gasteiger partial charge in [-0.1, -0.05) is 5.16 Å². The van der Waals surface area contributed by atoms with Gasteiger partial charge in [0.2, 0.25) is 0 Å². The highest BCUT2D eigenvalue weighted by Gasteiger charge is 2.10. The summed E-state index contributed by atoms with van der Waals surface area (Å²) in [6.45, 7) is 1.58. The number of halogens is 1. The Morgan fingerprint density at radius 1 is 1.53 bits per heavy atom. The Labute approximate surface area is 97.0 Å². The number of benzene rings is 1. The molecule has 88 valence electrons. The van der Waals surface area contributed by atoms with Gasteiger partial charge in [0.05, 0.1) is 11.8 Å². The number of aromatic nitrogens is 1. The molecular formula is C12H10FNO3. The van der Waals surface area contributed by atoms with Crippen LogP contribution in [0.1, 0.15) is 22.8 Å².